The molecule has 0 aliphatic carbocycles. The Balaban J connectivity index is 1.63. The number of carbonyl (C=O) groups is 3. The highest BCUT2D eigenvalue weighted by Crippen LogP contribution is 2.29. The topological polar surface area (TPSA) is 73.0 Å². The van der Waals surface area contributed by atoms with Gasteiger partial charge >= 0.3 is 0 Å². The Morgan fingerprint density at radius 2 is 1.85 bits per heavy atom. The van der Waals surface area contributed by atoms with Crippen molar-refractivity contribution >= 4 is 29.1 Å². The average Bonchev–Trinajstić information content (AvgIpc) is 3.52. The fraction of sp³-hybridized carbons (Fsp3) is 0.480. The van der Waals surface area contributed by atoms with E-state index in [0.717, 1.165) is 4.88 Å². The van der Waals surface area contributed by atoms with E-state index in [0.29, 0.717) is 44.7 Å². The van der Waals surface area contributed by atoms with E-state index in [4.69, 9.17) is 0 Å². The lowest BCUT2D eigenvalue weighted by Gasteiger charge is -2.32. The van der Waals surface area contributed by atoms with E-state index in [-0.39, 0.29) is 36.2 Å². The summed E-state index contributed by atoms with van der Waals surface area (Å²) < 4.78 is 13.5. The van der Waals surface area contributed by atoms with Crippen LogP contribution in [0.5, 0.6) is 0 Å². The van der Waals surface area contributed by atoms with Crippen LogP contribution in [0.3, 0.4) is 0 Å². The number of hydrogen-bond donors (Lipinski definition) is 1. The minimum Gasteiger partial charge on any atom is -0.338 e. The van der Waals surface area contributed by atoms with Gasteiger partial charge in [0.25, 0.3) is 5.91 Å². The zero-order valence-electron chi connectivity index (χ0n) is 19.6. The Labute approximate surface area is 203 Å². The van der Waals surface area contributed by atoms with Gasteiger partial charge in [-0.15, -0.1) is 11.3 Å². The van der Waals surface area contributed by atoms with Crippen molar-refractivity contribution < 1.29 is 18.8 Å². The van der Waals surface area contributed by atoms with Gasteiger partial charge in [0.15, 0.2) is 0 Å². The van der Waals surface area contributed by atoms with Crippen molar-refractivity contribution in [1.29, 1.82) is 0 Å². The van der Waals surface area contributed by atoms with E-state index in [1.54, 1.807) is 21.1 Å². The molecule has 182 valence electrons. The van der Waals surface area contributed by atoms with Gasteiger partial charge in [0.2, 0.25) is 11.8 Å². The zero-order valence-corrected chi connectivity index (χ0v) is 20.4. The highest BCUT2D eigenvalue weighted by molar-refractivity contribution is 7.09. The Morgan fingerprint density at radius 1 is 1.15 bits per heavy atom. The number of carbonyl (C=O) groups excluding carboxylic acids is 3. The molecule has 9 heteroatoms. The second-order valence-electron chi connectivity index (χ2n) is 9.15. The van der Waals surface area contributed by atoms with Crippen LogP contribution in [0.2, 0.25) is 0 Å². The van der Waals surface area contributed by atoms with Gasteiger partial charge in [-0.1, -0.05) is 19.9 Å². The molecule has 2 aliphatic rings. The summed E-state index contributed by atoms with van der Waals surface area (Å²) in [5, 5.41) is 5.22. The normalized spacial score (nSPS) is 20.6. The third kappa shape index (κ3) is 5.31. The summed E-state index contributed by atoms with van der Waals surface area (Å²) in [6, 6.07) is 8.39. The quantitative estimate of drug-likeness (QED) is 0.681. The van der Waals surface area contributed by atoms with Crippen LogP contribution in [-0.4, -0.2) is 77.2 Å². The Kier molecular flexibility index (Phi) is 7.63. The molecule has 1 aromatic heterocycles. The first-order chi connectivity index (χ1) is 16.3. The van der Waals surface area contributed by atoms with Crippen molar-refractivity contribution in [3.8, 4) is 0 Å². The number of piperazine rings is 1. The van der Waals surface area contributed by atoms with Crippen molar-refractivity contribution in [3.63, 3.8) is 0 Å². The second kappa shape index (κ2) is 10.7. The van der Waals surface area contributed by atoms with Gasteiger partial charge in [-0.2, -0.15) is 0 Å². The maximum absolute atomic E-state index is 13.5. The number of rotatable bonds is 6. The molecule has 2 atom stereocenters. The first kappa shape index (κ1) is 24.3. The maximum Gasteiger partial charge on any atom is 0.254 e. The molecule has 2 saturated heterocycles. The molecular formula is C25H31FN4O3S. The first-order valence-corrected chi connectivity index (χ1v) is 12.6. The Bertz CT molecular complexity index is 1010. The van der Waals surface area contributed by atoms with Crippen molar-refractivity contribution in [2.75, 3.05) is 32.7 Å². The highest BCUT2D eigenvalue weighted by atomic mass is 32.1. The van der Waals surface area contributed by atoms with Crippen molar-refractivity contribution in [1.82, 2.24) is 20.0 Å². The third-order valence-electron chi connectivity index (χ3n) is 6.47. The van der Waals surface area contributed by atoms with Gasteiger partial charge < -0.3 is 20.0 Å². The van der Waals surface area contributed by atoms with Crippen LogP contribution < -0.4 is 5.32 Å². The van der Waals surface area contributed by atoms with E-state index in [1.807, 2.05) is 36.3 Å². The van der Waals surface area contributed by atoms with E-state index < -0.39 is 11.9 Å². The highest BCUT2D eigenvalue weighted by Gasteiger charge is 2.45. The number of halogens is 1. The third-order valence-corrected chi connectivity index (χ3v) is 7.33. The van der Waals surface area contributed by atoms with Crippen molar-refractivity contribution in [2.45, 2.75) is 38.9 Å². The molecule has 2 aromatic rings. The molecule has 0 radical (unpaired) electrons. The van der Waals surface area contributed by atoms with Gasteiger partial charge in [0.1, 0.15) is 11.9 Å². The predicted molar refractivity (Wildman–Crippen MR) is 129 cm³/mol. The molecule has 2 aliphatic heterocycles. The van der Waals surface area contributed by atoms with Gasteiger partial charge in [-0.25, -0.2) is 4.39 Å². The van der Waals surface area contributed by atoms with Crippen LogP contribution in [0.1, 0.15) is 35.5 Å². The van der Waals surface area contributed by atoms with E-state index >= 15 is 0 Å². The number of nitrogens with one attached hydrogen (secondary N) is 1. The van der Waals surface area contributed by atoms with Gasteiger partial charge in [-0.05, 0) is 42.1 Å². The smallest absolute Gasteiger partial charge is 0.254 e. The molecule has 0 spiro atoms. The summed E-state index contributed by atoms with van der Waals surface area (Å²) in [5.74, 6) is -1.03. The number of hydrogen-bond acceptors (Lipinski definition) is 5. The van der Waals surface area contributed by atoms with Gasteiger partial charge in [0, 0.05) is 49.1 Å². The molecule has 1 aromatic carbocycles. The monoisotopic (exact) mass is 486 g/mol. The van der Waals surface area contributed by atoms with E-state index in [1.165, 1.54) is 24.3 Å². The minimum absolute atomic E-state index is 0.00264. The summed E-state index contributed by atoms with van der Waals surface area (Å²) >= 11 is 1.58. The maximum atomic E-state index is 13.5. The number of thiophene rings is 1. The summed E-state index contributed by atoms with van der Waals surface area (Å²) in [5.41, 5.74) is 0.333. The number of amides is 3. The van der Waals surface area contributed by atoms with Crippen LogP contribution >= 0.6 is 11.3 Å². The molecule has 7 nitrogen and oxygen atoms in total. The van der Waals surface area contributed by atoms with E-state index in [9.17, 15) is 18.8 Å². The second-order valence-corrected chi connectivity index (χ2v) is 10.2. The van der Waals surface area contributed by atoms with Crippen LogP contribution in [0.25, 0.3) is 0 Å². The minimum atomic E-state index is -0.661. The molecule has 34 heavy (non-hydrogen) atoms. The zero-order chi connectivity index (χ0) is 24.2. The van der Waals surface area contributed by atoms with Gasteiger partial charge in [-0.3, -0.25) is 14.4 Å². The number of benzene rings is 1. The number of nitrogens with zero attached hydrogens (tertiary/aromatic N) is 3. The number of likely N-dealkylation sites (tertiary alicyclic amines) is 1. The first-order valence-electron chi connectivity index (χ1n) is 11.7. The lowest BCUT2D eigenvalue weighted by Crippen LogP contribution is -2.53. The van der Waals surface area contributed by atoms with Crippen LogP contribution in [0.15, 0.2) is 41.8 Å². The molecule has 2 fully saturated rings. The lowest BCUT2D eigenvalue weighted by molar-refractivity contribution is -0.138. The molecule has 3 heterocycles. The standard InChI is InChI=1S/C25H31FN4O3S/c1-17(2)23(31)29(16-21-4-3-13-34-21)20-14-22(25(33)28-11-9-27-10-12-28)30(15-20)24(32)18-5-7-19(26)8-6-18/h3-8,13,17,20,22,27H,9-12,14-16H2,1-2H3. The molecular weight excluding hydrogens is 455 g/mol. The molecule has 0 bridgehead atoms. The largest absolute Gasteiger partial charge is 0.338 e. The predicted octanol–water partition coefficient (Wildman–Crippen LogP) is 2.59. The molecule has 4 rings (SSSR count). The Hall–Kier alpha value is -2.78. The Morgan fingerprint density at radius 3 is 2.47 bits per heavy atom. The fourth-order valence-corrected chi connectivity index (χ4v) is 5.34. The fourth-order valence-electron chi connectivity index (χ4n) is 4.64. The van der Waals surface area contributed by atoms with E-state index in [2.05, 4.69) is 5.32 Å². The van der Waals surface area contributed by atoms with Crippen LogP contribution in [0, 0.1) is 11.7 Å². The van der Waals surface area contributed by atoms with Crippen LogP contribution in [0.4, 0.5) is 4.39 Å². The molecule has 0 saturated carbocycles. The summed E-state index contributed by atoms with van der Waals surface area (Å²) in [4.78, 5) is 46.5. The van der Waals surface area contributed by atoms with Gasteiger partial charge in [0.05, 0.1) is 12.6 Å². The molecule has 3 amide bonds. The van der Waals surface area contributed by atoms with Crippen LogP contribution in [-0.2, 0) is 16.1 Å². The average molecular weight is 487 g/mol. The summed E-state index contributed by atoms with van der Waals surface area (Å²) in [6.07, 6.45) is 0.388. The lowest BCUT2D eigenvalue weighted by atomic mass is 10.1. The molecule has 1 N–H and O–H groups in total. The van der Waals surface area contributed by atoms with Crippen molar-refractivity contribution in [2.24, 2.45) is 5.92 Å². The summed E-state index contributed by atoms with van der Waals surface area (Å²) in [7, 11) is 0. The summed E-state index contributed by atoms with van der Waals surface area (Å²) in [6.45, 7) is 7.04. The SMILES string of the molecule is CC(C)C(=O)N(Cc1cccs1)C1CC(C(=O)N2CCNCC2)N(C(=O)c2ccc(F)cc2)C1. The molecule has 2 unspecified atom stereocenters. The van der Waals surface area contributed by atoms with Crippen molar-refractivity contribution in [3.05, 3.63) is 58.0 Å².